The molecule has 0 spiro atoms. The Morgan fingerprint density at radius 3 is 1.09 bits per heavy atom. The van der Waals surface area contributed by atoms with Gasteiger partial charge < -0.3 is 19.7 Å². The third-order valence-electron chi connectivity index (χ3n) is 1.46. The summed E-state index contributed by atoms with van der Waals surface area (Å²) in [6.07, 6.45) is 1.87. The number of hydrogen-bond acceptors (Lipinski definition) is 6. The zero-order valence-electron chi connectivity index (χ0n) is 14.9. The molecule has 0 aliphatic heterocycles. The molecule has 0 unspecified atom stereocenters. The predicted molar refractivity (Wildman–Crippen MR) is 79.2 cm³/mol. The SMILES string of the molecule is CC([O-])=CC(=O)OC(C)(C)C.CC([O-])=CC(=O)OC(C)(C)C.[Cu+2]. The second-order valence-electron chi connectivity index (χ2n) is 6.58. The molecule has 0 N–H and O–H groups in total. The van der Waals surface area contributed by atoms with Crippen molar-refractivity contribution in [3.63, 3.8) is 0 Å². The molecule has 0 fully saturated rings. The van der Waals surface area contributed by atoms with Crippen LogP contribution in [0.25, 0.3) is 0 Å². The number of rotatable bonds is 2. The molecule has 6 nitrogen and oxygen atoms in total. The topological polar surface area (TPSA) is 98.7 Å². The first kappa shape index (κ1) is 26.4. The first-order valence-electron chi connectivity index (χ1n) is 6.79. The fourth-order valence-corrected chi connectivity index (χ4v) is 0.994. The summed E-state index contributed by atoms with van der Waals surface area (Å²) in [5.41, 5.74) is -1.05. The zero-order chi connectivity index (χ0) is 18.1. The third kappa shape index (κ3) is 25.8. The fraction of sp³-hybridized carbons (Fsp3) is 0.625. The molecule has 0 rings (SSSR count). The quantitative estimate of drug-likeness (QED) is 0.310. The second kappa shape index (κ2) is 11.1. The van der Waals surface area contributed by atoms with E-state index in [1.807, 2.05) is 0 Å². The Kier molecular flexibility index (Phi) is 12.8. The number of hydrogen-bond donors (Lipinski definition) is 0. The smallest absolute Gasteiger partial charge is 0.875 e. The molecular weight excluding hydrogens is 352 g/mol. The van der Waals surface area contributed by atoms with Crippen LogP contribution in [0.1, 0.15) is 55.4 Å². The van der Waals surface area contributed by atoms with Crippen LogP contribution in [0.2, 0.25) is 0 Å². The summed E-state index contributed by atoms with van der Waals surface area (Å²) in [4.78, 5) is 21.5. The van der Waals surface area contributed by atoms with Crippen LogP contribution >= 0.6 is 0 Å². The predicted octanol–water partition coefficient (Wildman–Crippen LogP) is 1.18. The molecule has 1 radical (unpaired) electrons. The van der Waals surface area contributed by atoms with Gasteiger partial charge in [-0.15, -0.1) is 11.5 Å². The number of carbonyl (C=O) groups excluding carboxylic acids is 2. The molecule has 0 aliphatic carbocycles. The van der Waals surface area contributed by atoms with E-state index in [2.05, 4.69) is 0 Å². The number of carbonyl (C=O) groups is 2. The minimum absolute atomic E-state index is 0. The van der Waals surface area contributed by atoms with Crippen molar-refractivity contribution in [2.24, 2.45) is 0 Å². The zero-order valence-corrected chi connectivity index (χ0v) is 15.8. The van der Waals surface area contributed by atoms with Crippen molar-refractivity contribution < 1.29 is 46.3 Å². The summed E-state index contributed by atoms with van der Waals surface area (Å²) >= 11 is 0. The molecule has 23 heavy (non-hydrogen) atoms. The van der Waals surface area contributed by atoms with Crippen LogP contribution < -0.4 is 10.2 Å². The fourth-order valence-electron chi connectivity index (χ4n) is 0.994. The molecule has 0 atom stereocenters. The van der Waals surface area contributed by atoms with Crippen LogP contribution in [0.15, 0.2) is 23.7 Å². The minimum atomic E-state index is -0.579. The summed E-state index contributed by atoms with van der Waals surface area (Å²) in [7, 11) is 0. The molecular formula is C16H26CuO6. The standard InChI is InChI=1S/2C8H14O3.Cu/c2*1-6(9)5-7(10)11-8(2,3)4;/h2*5,9H,1-4H3;/q;;+2/p-2. The average Bonchev–Trinajstić information content (AvgIpc) is 2.07. The first-order valence-corrected chi connectivity index (χ1v) is 6.79. The Bertz CT molecular complexity index is 388. The van der Waals surface area contributed by atoms with Gasteiger partial charge in [0.05, 0.1) is 0 Å². The molecule has 0 aromatic carbocycles. The minimum Gasteiger partial charge on any atom is -0.875 e. The Morgan fingerprint density at radius 1 is 0.739 bits per heavy atom. The average molecular weight is 378 g/mol. The van der Waals surface area contributed by atoms with Gasteiger partial charge in [-0.05, 0) is 41.5 Å². The summed E-state index contributed by atoms with van der Waals surface area (Å²) in [5, 5.41) is 20.8. The van der Waals surface area contributed by atoms with Gasteiger partial charge in [0.1, 0.15) is 11.2 Å². The molecule has 0 aliphatic rings. The van der Waals surface area contributed by atoms with Crippen molar-refractivity contribution in [1.82, 2.24) is 0 Å². The maximum absolute atomic E-state index is 10.8. The van der Waals surface area contributed by atoms with Gasteiger partial charge in [-0.3, -0.25) is 0 Å². The van der Waals surface area contributed by atoms with Crippen molar-refractivity contribution in [3.8, 4) is 0 Å². The van der Waals surface area contributed by atoms with Crippen molar-refractivity contribution in [1.29, 1.82) is 0 Å². The molecule has 0 saturated heterocycles. The van der Waals surface area contributed by atoms with E-state index in [1.165, 1.54) is 13.8 Å². The molecule has 0 amide bonds. The van der Waals surface area contributed by atoms with Crippen molar-refractivity contribution in [2.45, 2.75) is 66.6 Å². The molecule has 7 heteroatoms. The van der Waals surface area contributed by atoms with E-state index < -0.39 is 23.1 Å². The van der Waals surface area contributed by atoms with E-state index in [1.54, 1.807) is 41.5 Å². The Labute approximate surface area is 149 Å². The van der Waals surface area contributed by atoms with Gasteiger partial charge in [-0.2, -0.15) is 0 Å². The van der Waals surface area contributed by atoms with Gasteiger partial charge in [-0.25, -0.2) is 9.59 Å². The molecule has 0 bridgehead atoms. The first-order chi connectivity index (χ1) is 9.62. The largest absolute Gasteiger partial charge is 2.00 e. The van der Waals surface area contributed by atoms with E-state index in [0.29, 0.717) is 0 Å². The van der Waals surface area contributed by atoms with E-state index >= 15 is 0 Å². The van der Waals surface area contributed by atoms with Crippen LogP contribution in [-0.2, 0) is 36.1 Å². The van der Waals surface area contributed by atoms with Gasteiger partial charge in [0.25, 0.3) is 0 Å². The normalized spacial score (nSPS) is 12.3. The van der Waals surface area contributed by atoms with Crippen molar-refractivity contribution in [3.05, 3.63) is 23.7 Å². The number of esters is 2. The third-order valence-corrected chi connectivity index (χ3v) is 1.46. The van der Waals surface area contributed by atoms with Crippen LogP contribution in [0, 0.1) is 0 Å². The van der Waals surface area contributed by atoms with E-state index in [-0.39, 0.29) is 28.6 Å². The van der Waals surface area contributed by atoms with Crippen LogP contribution in [0.5, 0.6) is 0 Å². The Balaban J connectivity index is -0.000000333. The van der Waals surface area contributed by atoms with Gasteiger partial charge >= 0.3 is 29.0 Å². The van der Waals surface area contributed by atoms with Gasteiger partial charge in [-0.1, -0.05) is 13.8 Å². The van der Waals surface area contributed by atoms with E-state index in [4.69, 9.17) is 9.47 Å². The van der Waals surface area contributed by atoms with Crippen molar-refractivity contribution in [2.75, 3.05) is 0 Å². The maximum atomic E-state index is 10.8. The van der Waals surface area contributed by atoms with Crippen molar-refractivity contribution >= 4 is 11.9 Å². The van der Waals surface area contributed by atoms with Gasteiger partial charge in [0.15, 0.2) is 0 Å². The molecule has 0 aromatic heterocycles. The number of allylic oxidation sites excluding steroid dienone is 2. The summed E-state index contributed by atoms with van der Waals surface area (Å²) in [5.74, 6) is -1.74. The Hall–Kier alpha value is -1.46. The molecule has 0 aromatic rings. The van der Waals surface area contributed by atoms with Gasteiger partial charge in [0, 0.05) is 12.2 Å². The summed E-state index contributed by atoms with van der Waals surface area (Å²) in [6, 6.07) is 0. The maximum Gasteiger partial charge on any atom is 2.00 e. The Morgan fingerprint density at radius 2 is 0.957 bits per heavy atom. The molecule has 0 saturated carbocycles. The summed E-state index contributed by atoms with van der Waals surface area (Å²) < 4.78 is 9.67. The van der Waals surface area contributed by atoms with Crippen LogP contribution in [0.4, 0.5) is 0 Å². The van der Waals surface area contributed by atoms with E-state index in [0.717, 1.165) is 12.2 Å². The van der Waals surface area contributed by atoms with Crippen LogP contribution in [-0.4, -0.2) is 23.1 Å². The van der Waals surface area contributed by atoms with Crippen LogP contribution in [0.3, 0.4) is 0 Å². The monoisotopic (exact) mass is 377 g/mol. The number of ether oxygens (including phenoxy) is 2. The summed E-state index contributed by atoms with van der Waals surface area (Å²) in [6.45, 7) is 13.1. The van der Waals surface area contributed by atoms with E-state index in [9.17, 15) is 19.8 Å². The van der Waals surface area contributed by atoms with Gasteiger partial charge in [0.2, 0.25) is 0 Å². The second-order valence-corrected chi connectivity index (χ2v) is 6.58. The molecule has 0 heterocycles. The molecule has 137 valence electrons.